The van der Waals surface area contributed by atoms with E-state index in [0.717, 1.165) is 29.4 Å². The quantitative estimate of drug-likeness (QED) is 0.784. The lowest BCUT2D eigenvalue weighted by Crippen LogP contribution is -2.42. The van der Waals surface area contributed by atoms with Gasteiger partial charge in [-0.15, -0.1) is 11.6 Å². The molecule has 2 nitrogen and oxygen atoms in total. The molecule has 0 spiro atoms. The Kier molecular flexibility index (Phi) is 4.77. The van der Waals surface area contributed by atoms with Crippen molar-refractivity contribution < 1.29 is 0 Å². The highest BCUT2D eigenvalue weighted by Gasteiger charge is 2.23. The Labute approximate surface area is 119 Å². The molecule has 0 saturated carbocycles. The Hall–Kier alpha value is -0.440. The molecule has 4 heteroatoms. The summed E-state index contributed by atoms with van der Waals surface area (Å²) in [7, 11) is 4.31. The zero-order valence-electron chi connectivity index (χ0n) is 11.0. The average Bonchev–Trinajstić information content (AvgIpc) is 2.38. The van der Waals surface area contributed by atoms with Gasteiger partial charge in [0.25, 0.3) is 0 Å². The molecule has 1 heterocycles. The molecule has 0 atom stereocenters. The first kappa shape index (κ1) is 14.0. The monoisotopic (exact) mass is 286 g/mol. The number of likely N-dealkylation sites (tertiary alicyclic amines) is 1. The number of nitrogens with zero attached hydrogens (tertiary/aromatic N) is 2. The Bertz CT molecular complexity index is 401. The number of halogens is 2. The van der Waals surface area contributed by atoms with Crippen molar-refractivity contribution in [3.8, 4) is 0 Å². The van der Waals surface area contributed by atoms with Gasteiger partial charge in [0.1, 0.15) is 0 Å². The van der Waals surface area contributed by atoms with E-state index in [1.807, 2.05) is 12.1 Å². The number of piperidine rings is 1. The van der Waals surface area contributed by atoms with Crippen LogP contribution in [-0.2, 0) is 5.88 Å². The fourth-order valence-electron chi connectivity index (χ4n) is 2.63. The topological polar surface area (TPSA) is 6.48 Å². The van der Waals surface area contributed by atoms with Crippen LogP contribution >= 0.6 is 23.2 Å². The summed E-state index contributed by atoms with van der Waals surface area (Å²) in [6.07, 6.45) is 2.36. The molecule has 100 valence electrons. The van der Waals surface area contributed by atoms with Crippen molar-refractivity contribution in [1.29, 1.82) is 0 Å². The molecule has 2 rings (SSSR count). The highest BCUT2D eigenvalue weighted by molar-refractivity contribution is 6.33. The van der Waals surface area contributed by atoms with Crippen molar-refractivity contribution in [2.75, 3.05) is 32.1 Å². The minimum atomic E-state index is 0.507. The maximum Gasteiger partial charge on any atom is 0.0642 e. The highest BCUT2D eigenvalue weighted by Crippen LogP contribution is 2.33. The van der Waals surface area contributed by atoms with Gasteiger partial charge < -0.3 is 9.80 Å². The lowest BCUT2D eigenvalue weighted by molar-refractivity contribution is 0.253. The summed E-state index contributed by atoms with van der Waals surface area (Å²) >= 11 is 12.4. The lowest BCUT2D eigenvalue weighted by atomic mass is 10.0. The number of alkyl halides is 1. The van der Waals surface area contributed by atoms with E-state index in [2.05, 4.69) is 30.0 Å². The number of hydrogen-bond acceptors (Lipinski definition) is 2. The van der Waals surface area contributed by atoms with Gasteiger partial charge >= 0.3 is 0 Å². The van der Waals surface area contributed by atoms with E-state index in [1.165, 1.54) is 12.8 Å². The Balaban J connectivity index is 2.20. The van der Waals surface area contributed by atoms with Crippen LogP contribution in [0.2, 0.25) is 5.02 Å². The molecule has 1 aliphatic heterocycles. The van der Waals surface area contributed by atoms with Gasteiger partial charge in [-0.05, 0) is 44.6 Å². The molecule has 0 aliphatic carbocycles. The van der Waals surface area contributed by atoms with Crippen LogP contribution in [0.1, 0.15) is 18.4 Å². The Morgan fingerprint density at radius 1 is 1.33 bits per heavy atom. The zero-order chi connectivity index (χ0) is 13.1. The van der Waals surface area contributed by atoms with Crippen LogP contribution in [0.25, 0.3) is 0 Å². The maximum absolute atomic E-state index is 6.34. The predicted octanol–water partition coefficient (Wildman–Crippen LogP) is 3.61. The number of para-hydroxylation sites is 1. The van der Waals surface area contributed by atoms with E-state index in [0.29, 0.717) is 11.9 Å². The molecule has 0 aromatic heterocycles. The molecule has 1 aromatic carbocycles. The normalized spacial score (nSPS) is 18.0. The number of benzene rings is 1. The summed E-state index contributed by atoms with van der Waals surface area (Å²) in [5, 5.41) is 0.801. The molecular weight excluding hydrogens is 267 g/mol. The number of rotatable bonds is 3. The van der Waals surface area contributed by atoms with E-state index in [1.54, 1.807) is 0 Å². The van der Waals surface area contributed by atoms with Crippen LogP contribution in [0.3, 0.4) is 0 Å². The van der Waals surface area contributed by atoms with E-state index in [-0.39, 0.29) is 0 Å². The Morgan fingerprint density at radius 2 is 2.00 bits per heavy atom. The summed E-state index contributed by atoms with van der Waals surface area (Å²) in [5.74, 6) is 0.507. The fraction of sp³-hybridized carbons (Fsp3) is 0.571. The van der Waals surface area contributed by atoms with Gasteiger partial charge in [-0.2, -0.15) is 0 Å². The van der Waals surface area contributed by atoms with Crippen LogP contribution in [0, 0.1) is 0 Å². The predicted molar refractivity (Wildman–Crippen MR) is 79.9 cm³/mol. The fourth-order valence-corrected chi connectivity index (χ4v) is 3.17. The first-order valence-corrected chi connectivity index (χ1v) is 7.29. The highest BCUT2D eigenvalue weighted by atomic mass is 35.5. The largest absolute Gasteiger partial charge is 0.370 e. The third kappa shape index (κ3) is 2.93. The molecule has 1 aliphatic rings. The first-order chi connectivity index (χ1) is 8.63. The molecule has 18 heavy (non-hydrogen) atoms. The molecule has 0 unspecified atom stereocenters. The van der Waals surface area contributed by atoms with Crippen LogP contribution in [0.15, 0.2) is 18.2 Å². The van der Waals surface area contributed by atoms with Crippen molar-refractivity contribution in [3.05, 3.63) is 28.8 Å². The summed E-state index contributed by atoms with van der Waals surface area (Å²) in [6.45, 7) is 2.30. The zero-order valence-corrected chi connectivity index (χ0v) is 12.5. The van der Waals surface area contributed by atoms with Crippen molar-refractivity contribution in [3.63, 3.8) is 0 Å². The van der Waals surface area contributed by atoms with Crippen molar-refractivity contribution in [1.82, 2.24) is 4.90 Å². The second kappa shape index (κ2) is 6.14. The van der Waals surface area contributed by atoms with Crippen LogP contribution in [0.4, 0.5) is 5.69 Å². The minimum Gasteiger partial charge on any atom is -0.370 e. The van der Waals surface area contributed by atoms with Gasteiger partial charge in [0.05, 0.1) is 10.7 Å². The second-order valence-corrected chi connectivity index (χ2v) is 5.70. The summed E-state index contributed by atoms with van der Waals surface area (Å²) in [5.41, 5.74) is 2.22. The van der Waals surface area contributed by atoms with Crippen molar-refractivity contribution >= 4 is 28.9 Å². The average molecular weight is 287 g/mol. The molecule has 1 aromatic rings. The van der Waals surface area contributed by atoms with Gasteiger partial charge in [0.15, 0.2) is 0 Å². The summed E-state index contributed by atoms with van der Waals surface area (Å²) in [6, 6.07) is 6.52. The standard InChI is InChI=1S/C14H20Cl2N2/c1-17-8-6-12(7-9-17)18(2)14-11(10-15)4-3-5-13(14)16/h3-5,12H,6-10H2,1-2H3. The van der Waals surface area contributed by atoms with E-state index in [4.69, 9.17) is 23.2 Å². The van der Waals surface area contributed by atoms with Gasteiger partial charge in [0.2, 0.25) is 0 Å². The van der Waals surface area contributed by atoms with Crippen molar-refractivity contribution in [2.45, 2.75) is 24.8 Å². The molecule has 0 radical (unpaired) electrons. The SMILES string of the molecule is CN1CCC(N(C)c2c(Cl)cccc2CCl)CC1. The van der Waals surface area contributed by atoms with Crippen molar-refractivity contribution in [2.24, 2.45) is 0 Å². The number of anilines is 1. The minimum absolute atomic E-state index is 0.507. The van der Waals surface area contributed by atoms with Gasteiger partial charge in [-0.3, -0.25) is 0 Å². The smallest absolute Gasteiger partial charge is 0.0642 e. The van der Waals surface area contributed by atoms with Gasteiger partial charge in [-0.1, -0.05) is 23.7 Å². The van der Waals surface area contributed by atoms with Crippen LogP contribution < -0.4 is 4.90 Å². The molecule has 1 saturated heterocycles. The van der Waals surface area contributed by atoms with E-state index < -0.39 is 0 Å². The van der Waals surface area contributed by atoms with E-state index >= 15 is 0 Å². The summed E-state index contributed by atoms with van der Waals surface area (Å²) < 4.78 is 0. The summed E-state index contributed by atoms with van der Waals surface area (Å²) in [4.78, 5) is 4.69. The Morgan fingerprint density at radius 3 is 2.61 bits per heavy atom. The van der Waals surface area contributed by atoms with Crippen LogP contribution in [-0.4, -0.2) is 38.1 Å². The van der Waals surface area contributed by atoms with E-state index in [9.17, 15) is 0 Å². The molecule has 1 fully saturated rings. The van der Waals surface area contributed by atoms with Gasteiger partial charge in [0, 0.05) is 19.0 Å². The molecule has 0 N–H and O–H groups in total. The lowest BCUT2D eigenvalue weighted by Gasteiger charge is -2.37. The molecular formula is C14H20Cl2N2. The van der Waals surface area contributed by atoms with Gasteiger partial charge in [-0.25, -0.2) is 0 Å². The number of hydrogen-bond donors (Lipinski definition) is 0. The third-order valence-corrected chi connectivity index (χ3v) is 4.40. The second-order valence-electron chi connectivity index (χ2n) is 5.03. The molecule has 0 amide bonds. The van der Waals surface area contributed by atoms with Crippen LogP contribution in [0.5, 0.6) is 0 Å². The maximum atomic E-state index is 6.34. The third-order valence-electron chi connectivity index (χ3n) is 3.80. The first-order valence-electron chi connectivity index (χ1n) is 6.38. The molecule has 0 bridgehead atoms.